The maximum atomic E-state index is 10.0. The van der Waals surface area contributed by atoms with Crippen molar-refractivity contribution in [2.45, 2.75) is 51.4 Å². The Morgan fingerprint density at radius 2 is 1.95 bits per heavy atom. The topological polar surface area (TPSA) is 41.5 Å². The number of aliphatic hydroxyl groups excluding tert-OH is 1. The summed E-state index contributed by atoms with van der Waals surface area (Å²) >= 11 is 0. The lowest BCUT2D eigenvalue weighted by Crippen LogP contribution is -2.46. The first kappa shape index (κ1) is 15.5. The molecule has 0 heterocycles. The summed E-state index contributed by atoms with van der Waals surface area (Å²) in [7, 11) is 0. The summed E-state index contributed by atoms with van der Waals surface area (Å²) in [4.78, 5) is 0. The van der Waals surface area contributed by atoms with Gasteiger partial charge in [0.25, 0.3) is 0 Å². The van der Waals surface area contributed by atoms with E-state index in [4.69, 9.17) is 4.74 Å². The Morgan fingerprint density at radius 3 is 2.55 bits per heavy atom. The normalized spacial score (nSPS) is 18.8. The van der Waals surface area contributed by atoms with E-state index in [1.54, 1.807) is 0 Å². The molecule has 112 valence electrons. The van der Waals surface area contributed by atoms with Gasteiger partial charge in [0, 0.05) is 12.1 Å². The van der Waals surface area contributed by atoms with Crippen molar-refractivity contribution >= 4 is 0 Å². The molecule has 3 nitrogen and oxygen atoms in total. The van der Waals surface area contributed by atoms with Crippen molar-refractivity contribution in [1.29, 1.82) is 0 Å². The highest BCUT2D eigenvalue weighted by atomic mass is 16.5. The first-order valence-corrected chi connectivity index (χ1v) is 7.58. The summed E-state index contributed by atoms with van der Waals surface area (Å²) in [5, 5.41) is 13.5. The second kappa shape index (κ2) is 6.70. The summed E-state index contributed by atoms with van der Waals surface area (Å²) in [6, 6.07) is 10.1. The molecular weight excluding hydrogens is 250 g/mol. The predicted molar refractivity (Wildman–Crippen MR) is 81.6 cm³/mol. The van der Waals surface area contributed by atoms with Crippen molar-refractivity contribution in [2.24, 2.45) is 5.92 Å². The molecule has 1 fully saturated rings. The molecule has 0 aliphatic heterocycles. The number of hydrogen-bond donors (Lipinski definition) is 2. The molecule has 1 aliphatic rings. The monoisotopic (exact) mass is 277 g/mol. The zero-order valence-corrected chi connectivity index (χ0v) is 12.8. The Bertz CT molecular complexity index is 401. The lowest BCUT2D eigenvalue weighted by Gasteiger charge is -2.28. The van der Waals surface area contributed by atoms with Gasteiger partial charge in [0.2, 0.25) is 0 Å². The van der Waals surface area contributed by atoms with Crippen molar-refractivity contribution in [1.82, 2.24) is 5.32 Å². The van der Waals surface area contributed by atoms with Gasteiger partial charge >= 0.3 is 0 Å². The van der Waals surface area contributed by atoms with Crippen molar-refractivity contribution in [3.8, 4) is 0 Å². The van der Waals surface area contributed by atoms with Crippen LogP contribution in [-0.4, -0.2) is 29.9 Å². The molecule has 3 heteroatoms. The average Bonchev–Trinajstić information content (AvgIpc) is 3.28. The number of rotatable bonds is 8. The SMILES string of the molecule is CC(OCC(O)CNC(C)(C)C1CC1)c1ccccc1. The molecule has 0 aromatic heterocycles. The number of aliphatic hydroxyl groups is 1. The molecule has 20 heavy (non-hydrogen) atoms. The van der Waals surface area contributed by atoms with Crippen molar-refractivity contribution in [3.05, 3.63) is 35.9 Å². The van der Waals surface area contributed by atoms with E-state index in [1.165, 1.54) is 12.8 Å². The maximum absolute atomic E-state index is 10.0. The van der Waals surface area contributed by atoms with E-state index in [0.717, 1.165) is 11.5 Å². The third-order valence-electron chi connectivity index (χ3n) is 4.20. The molecule has 2 unspecified atom stereocenters. The lowest BCUT2D eigenvalue weighted by molar-refractivity contribution is -0.00459. The zero-order valence-electron chi connectivity index (χ0n) is 12.8. The van der Waals surface area contributed by atoms with Gasteiger partial charge in [-0.1, -0.05) is 30.3 Å². The number of ether oxygens (including phenoxy) is 1. The van der Waals surface area contributed by atoms with Crippen LogP contribution in [0.4, 0.5) is 0 Å². The Morgan fingerprint density at radius 1 is 1.30 bits per heavy atom. The van der Waals surface area contributed by atoms with E-state index in [0.29, 0.717) is 13.2 Å². The van der Waals surface area contributed by atoms with E-state index in [1.807, 2.05) is 37.3 Å². The van der Waals surface area contributed by atoms with Crippen LogP contribution in [0.15, 0.2) is 30.3 Å². The molecule has 1 aromatic carbocycles. The van der Waals surface area contributed by atoms with Gasteiger partial charge in [-0.05, 0) is 45.1 Å². The fraction of sp³-hybridized carbons (Fsp3) is 0.647. The van der Waals surface area contributed by atoms with Crippen LogP contribution >= 0.6 is 0 Å². The van der Waals surface area contributed by atoms with Crippen LogP contribution in [0.3, 0.4) is 0 Å². The summed E-state index contributed by atoms with van der Waals surface area (Å²) < 4.78 is 5.74. The molecular formula is C17H27NO2. The summed E-state index contributed by atoms with van der Waals surface area (Å²) in [5.74, 6) is 0.763. The standard InChI is InChI=1S/C17H27NO2/c1-13(14-7-5-4-6-8-14)20-12-16(19)11-18-17(2,3)15-9-10-15/h4-8,13,15-16,18-19H,9-12H2,1-3H3. The molecule has 2 atom stereocenters. The molecule has 0 saturated heterocycles. The minimum absolute atomic E-state index is 0.0160. The highest BCUT2D eigenvalue weighted by Gasteiger charge is 2.37. The van der Waals surface area contributed by atoms with Gasteiger partial charge in [0.1, 0.15) is 0 Å². The second-order valence-electron chi connectivity index (χ2n) is 6.42. The summed E-state index contributed by atoms with van der Waals surface area (Å²) in [6.45, 7) is 7.40. The third kappa shape index (κ3) is 4.58. The largest absolute Gasteiger partial charge is 0.389 e. The van der Waals surface area contributed by atoms with Crippen molar-refractivity contribution in [2.75, 3.05) is 13.2 Å². The molecule has 0 radical (unpaired) electrons. The fourth-order valence-electron chi connectivity index (χ4n) is 2.46. The summed E-state index contributed by atoms with van der Waals surface area (Å²) in [5.41, 5.74) is 1.28. The number of benzene rings is 1. The fourth-order valence-corrected chi connectivity index (χ4v) is 2.46. The van der Waals surface area contributed by atoms with Gasteiger partial charge in [0.05, 0.1) is 18.8 Å². The zero-order chi connectivity index (χ0) is 14.6. The van der Waals surface area contributed by atoms with Gasteiger partial charge in [-0.2, -0.15) is 0 Å². The van der Waals surface area contributed by atoms with E-state index in [2.05, 4.69) is 19.2 Å². The van der Waals surface area contributed by atoms with Crippen molar-refractivity contribution in [3.63, 3.8) is 0 Å². The van der Waals surface area contributed by atoms with Crippen LogP contribution in [0, 0.1) is 5.92 Å². The lowest BCUT2D eigenvalue weighted by atomic mass is 9.98. The van der Waals surface area contributed by atoms with E-state index < -0.39 is 6.10 Å². The molecule has 1 aromatic rings. The minimum Gasteiger partial charge on any atom is -0.389 e. The van der Waals surface area contributed by atoms with Crippen LogP contribution < -0.4 is 5.32 Å². The quantitative estimate of drug-likeness (QED) is 0.767. The molecule has 1 aliphatic carbocycles. The van der Waals surface area contributed by atoms with Gasteiger partial charge in [-0.25, -0.2) is 0 Å². The van der Waals surface area contributed by atoms with Crippen LogP contribution in [0.5, 0.6) is 0 Å². The van der Waals surface area contributed by atoms with E-state index in [-0.39, 0.29) is 11.6 Å². The first-order chi connectivity index (χ1) is 9.49. The Labute approximate surface area is 122 Å². The molecule has 2 N–H and O–H groups in total. The number of β-amino-alcohol motifs (C(OH)–C–C–N with tert-alkyl or cyclic N) is 1. The molecule has 1 saturated carbocycles. The average molecular weight is 277 g/mol. The highest BCUT2D eigenvalue weighted by Crippen LogP contribution is 2.39. The van der Waals surface area contributed by atoms with Crippen LogP contribution in [0.25, 0.3) is 0 Å². The van der Waals surface area contributed by atoms with Crippen LogP contribution in [-0.2, 0) is 4.74 Å². The molecule has 0 bridgehead atoms. The Hall–Kier alpha value is -0.900. The Kier molecular flexibility index (Phi) is 5.19. The maximum Gasteiger partial charge on any atom is 0.0898 e. The molecule has 0 amide bonds. The second-order valence-corrected chi connectivity index (χ2v) is 6.42. The van der Waals surface area contributed by atoms with Gasteiger partial charge in [-0.3, -0.25) is 0 Å². The van der Waals surface area contributed by atoms with Gasteiger partial charge < -0.3 is 15.2 Å². The van der Waals surface area contributed by atoms with E-state index >= 15 is 0 Å². The van der Waals surface area contributed by atoms with Gasteiger partial charge in [-0.15, -0.1) is 0 Å². The van der Waals surface area contributed by atoms with Crippen LogP contribution in [0.1, 0.15) is 45.3 Å². The number of hydrogen-bond acceptors (Lipinski definition) is 3. The summed E-state index contributed by atoms with van der Waals surface area (Å²) in [6.07, 6.45) is 2.16. The van der Waals surface area contributed by atoms with Crippen LogP contribution in [0.2, 0.25) is 0 Å². The molecule has 2 rings (SSSR count). The van der Waals surface area contributed by atoms with Gasteiger partial charge in [0.15, 0.2) is 0 Å². The first-order valence-electron chi connectivity index (χ1n) is 7.58. The minimum atomic E-state index is -0.459. The molecule has 0 spiro atoms. The van der Waals surface area contributed by atoms with Crippen molar-refractivity contribution < 1.29 is 9.84 Å². The highest BCUT2D eigenvalue weighted by molar-refractivity contribution is 5.16. The Balaban J connectivity index is 1.68. The predicted octanol–water partition coefficient (Wildman–Crippen LogP) is 2.90. The smallest absolute Gasteiger partial charge is 0.0898 e. The third-order valence-corrected chi connectivity index (χ3v) is 4.20. The number of nitrogens with one attached hydrogen (secondary N) is 1. The van der Waals surface area contributed by atoms with E-state index in [9.17, 15) is 5.11 Å².